The Bertz CT molecular complexity index is 735. The number of carbonyl (C=O) groups excluding carboxylic acids is 1. The van der Waals surface area contributed by atoms with Crippen molar-refractivity contribution in [3.8, 4) is 5.75 Å². The molecule has 154 valence electrons. The monoisotopic (exact) mass is 406 g/mol. The van der Waals surface area contributed by atoms with E-state index in [1.54, 1.807) is 0 Å². The Hall–Kier alpha value is -2.06. The highest BCUT2D eigenvalue weighted by molar-refractivity contribution is 7.80. The van der Waals surface area contributed by atoms with Gasteiger partial charge in [-0.05, 0) is 64.4 Å². The summed E-state index contributed by atoms with van der Waals surface area (Å²) in [6.45, 7) is 6.25. The Balaban J connectivity index is 1.54. The fourth-order valence-electron chi connectivity index (χ4n) is 3.63. The normalized spacial score (nSPS) is 23.9. The summed E-state index contributed by atoms with van der Waals surface area (Å²) in [6.07, 6.45) is 2.79. The Morgan fingerprint density at radius 2 is 2.07 bits per heavy atom. The topological polar surface area (TPSA) is 97.6 Å². The Kier molecular flexibility index (Phi) is 6.30. The summed E-state index contributed by atoms with van der Waals surface area (Å²) in [6, 6.07) is 5.86. The Morgan fingerprint density at radius 1 is 1.29 bits per heavy atom. The van der Waals surface area contributed by atoms with E-state index >= 15 is 0 Å². The van der Waals surface area contributed by atoms with Gasteiger partial charge in [0.2, 0.25) is 0 Å². The molecule has 1 aliphatic heterocycles. The van der Waals surface area contributed by atoms with E-state index in [0.717, 1.165) is 36.3 Å². The third-order valence-electron chi connectivity index (χ3n) is 4.93. The quantitative estimate of drug-likeness (QED) is 0.573. The lowest BCUT2D eigenvalue weighted by Gasteiger charge is -2.36. The summed E-state index contributed by atoms with van der Waals surface area (Å²) < 4.78 is 11.0. The van der Waals surface area contributed by atoms with Crippen molar-refractivity contribution < 1.29 is 14.3 Å². The van der Waals surface area contributed by atoms with Crippen LogP contribution >= 0.6 is 12.2 Å². The van der Waals surface area contributed by atoms with Gasteiger partial charge in [-0.1, -0.05) is 6.07 Å². The van der Waals surface area contributed by atoms with Gasteiger partial charge in [0.15, 0.2) is 5.11 Å². The zero-order valence-corrected chi connectivity index (χ0v) is 17.5. The molecule has 0 unspecified atom stereocenters. The summed E-state index contributed by atoms with van der Waals surface area (Å²) in [7, 11) is 0. The second-order valence-electron chi connectivity index (χ2n) is 8.41. The number of nitrogens with two attached hydrogens (primary N) is 1. The fourth-order valence-corrected chi connectivity index (χ4v) is 3.89. The van der Waals surface area contributed by atoms with Crippen LogP contribution in [0.25, 0.3) is 0 Å². The molecule has 28 heavy (non-hydrogen) atoms. The van der Waals surface area contributed by atoms with E-state index in [1.165, 1.54) is 0 Å². The second kappa shape index (κ2) is 8.53. The fraction of sp³-hybridized carbons (Fsp3) is 0.600. The lowest BCUT2D eigenvalue weighted by Crippen LogP contribution is -2.56. The van der Waals surface area contributed by atoms with Gasteiger partial charge in [0.1, 0.15) is 11.4 Å². The van der Waals surface area contributed by atoms with E-state index in [2.05, 4.69) is 16.0 Å². The molecule has 8 heteroatoms. The Morgan fingerprint density at radius 3 is 2.82 bits per heavy atom. The number of hydrogen-bond donors (Lipinski definition) is 4. The number of benzene rings is 1. The number of hydrogen-bond acceptors (Lipinski definition) is 5. The minimum Gasteiger partial charge on any atom is -0.493 e. The summed E-state index contributed by atoms with van der Waals surface area (Å²) in [5.74, 6) is 0.906. The summed E-state index contributed by atoms with van der Waals surface area (Å²) >= 11 is 5.51. The lowest BCUT2D eigenvalue weighted by molar-refractivity contribution is 0.0487. The molecule has 1 saturated carbocycles. The van der Waals surface area contributed by atoms with Gasteiger partial charge < -0.3 is 31.2 Å². The van der Waals surface area contributed by atoms with Crippen molar-refractivity contribution in [3.05, 3.63) is 23.8 Å². The van der Waals surface area contributed by atoms with Crippen LogP contribution in [0.4, 0.5) is 10.5 Å². The average Bonchev–Trinajstić information content (AvgIpc) is 3.06. The van der Waals surface area contributed by atoms with Gasteiger partial charge in [0.05, 0.1) is 6.61 Å². The highest BCUT2D eigenvalue weighted by atomic mass is 32.1. The summed E-state index contributed by atoms with van der Waals surface area (Å²) in [4.78, 5) is 12.1. The molecule has 3 rings (SSSR count). The molecule has 2 aliphatic rings. The predicted molar refractivity (Wildman–Crippen MR) is 114 cm³/mol. The minimum absolute atomic E-state index is 0.00400. The van der Waals surface area contributed by atoms with Gasteiger partial charge in [-0.25, -0.2) is 4.79 Å². The molecule has 0 saturated heterocycles. The molecule has 3 atom stereocenters. The largest absolute Gasteiger partial charge is 0.493 e. The van der Waals surface area contributed by atoms with E-state index < -0.39 is 11.7 Å². The highest BCUT2D eigenvalue weighted by Crippen LogP contribution is 2.31. The van der Waals surface area contributed by atoms with Crippen LogP contribution in [0.5, 0.6) is 5.75 Å². The average molecular weight is 407 g/mol. The molecule has 1 aromatic rings. The number of fused-ring (bicyclic) bond motifs is 1. The van der Waals surface area contributed by atoms with E-state index in [0.29, 0.717) is 18.1 Å². The number of alkyl carbamates (subject to hydrolysis) is 1. The van der Waals surface area contributed by atoms with Crippen LogP contribution in [0.2, 0.25) is 0 Å². The molecule has 1 heterocycles. The molecule has 0 aromatic heterocycles. The number of amides is 1. The van der Waals surface area contributed by atoms with Crippen LogP contribution in [0.3, 0.4) is 0 Å². The predicted octanol–water partition coefficient (Wildman–Crippen LogP) is 2.68. The van der Waals surface area contributed by atoms with E-state index in [9.17, 15) is 4.79 Å². The molecule has 1 aromatic carbocycles. The molecule has 7 nitrogen and oxygen atoms in total. The maximum atomic E-state index is 12.1. The van der Waals surface area contributed by atoms with Crippen LogP contribution in [-0.2, 0) is 11.2 Å². The lowest BCUT2D eigenvalue weighted by atomic mass is 9.87. The van der Waals surface area contributed by atoms with E-state index in [1.807, 2.05) is 39.0 Å². The standard InChI is InChI=1S/C20H30N4O3S/c1-20(2,3)27-19(25)22-12-7-8-14(21)16(11-12)24-18(28)23-15-5-4-6-17-13(15)9-10-26-17/h4-6,12,14,16H,7-11,21H2,1-3H3,(H,22,25)(H2,23,24,28)/t12-,14+,16-/m1/s1. The van der Waals surface area contributed by atoms with Crippen molar-refractivity contribution in [1.29, 1.82) is 0 Å². The zero-order valence-electron chi connectivity index (χ0n) is 16.7. The second-order valence-corrected chi connectivity index (χ2v) is 8.81. The van der Waals surface area contributed by atoms with Crippen LogP contribution in [0.15, 0.2) is 18.2 Å². The third kappa shape index (κ3) is 5.48. The molecular formula is C20H30N4O3S. The number of anilines is 1. The van der Waals surface area contributed by atoms with Crippen LogP contribution in [-0.4, -0.2) is 41.5 Å². The van der Waals surface area contributed by atoms with Crippen LogP contribution in [0, 0.1) is 0 Å². The maximum absolute atomic E-state index is 12.1. The minimum atomic E-state index is -0.516. The molecule has 0 radical (unpaired) electrons. The van der Waals surface area contributed by atoms with Gasteiger partial charge in [0, 0.05) is 35.8 Å². The van der Waals surface area contributed by atoms with Gasteiger partial charge in [-0.2, -0.15) is 0 Å². The first-order valence-corrected chi connectivity index (χ1v) is 10.2. The van der Waals surface area contributed by atoms with Crippen molar-refractivity contribution in [2.45, 2.75) is 70.2 Å². The first-order chi connectivity index (χ1) is 13.2. The number of thiocarbonyl (C=S) groups is 1. The van der Waals surface area contributed by atoms with E-state index in [4.69, 9.17) is 27.4 Å². The van der Waals surface area contributed by atoms with Crippen LogP contribution in [0.1, 0.15) is 45.6 Å². The van der Waals surface area contributed by atoms with Crippen LogP contribution < -0.4 is 26.4 Å². The van der Waals surface area contributed by atoms with Gasteiger partial charge in [-0.3, -0.25) is 0 Å². The van der Waals surface area contributed by atoms with Gasteiger partial charge >= 0.3 is 6.09 Å². The molecule has 0 spiro atoms. The smallest absolute Gasteiger partial charge is 0.407 e. The summed E-state index contributed by atoms with van der Waals surface area (Å²) in [5.41, 5.74) is 7.88. The number of ether oxygens (including phenoxy) is 2. The first-order valence-electron chi connectivity index (χ1n) is 9.78. The van der Waals surface area contributed by atoms with Crippen molar-refractivity contribution in [2.24, 2.45) is 5.73 Å². The molecule has 0 bridgehead atoms. The van der Waals surface area contributed by atoms with E-state index in [-0.39, 0.29) is 18.1 Å². The molecular weight excluding hydrogens is 376 g/mol. The number of nitrogens with one attached hydrogen (secondary N) is 3. The van der Waals surface area contributed by atoms with Crippen molar-refractivity contribution in [1.82, 2.24) is 10.6 Å². The molecule has 1 fully saturated rings. The maximum Gasteiger partial charge on any atom is 0.407 e. The van der Waals surface area contributed by atoms with Crippen molar-refractivity contribution in [3.63, 3.8) is 0 Å². The van der Waals surface area contributed by atoms with Crippen molar-refractivity contribution in [2.75, 3.05) is 11.9 Å². The number of rotatable bonds is 3. The third-order valence-corrected chi connectivity index (χ3v) is 5.15. The molecule has 5 N–H and O–H groups in total. The number of carbonyl (C=O) groups is 1. The summed E-state index contributed by atoms with van der Waals surface area (Å²) in [5, 5.41) is 10.1. The van der Waals surface area contributed by atoms with Gasteiger partial charge in [-0.15, -0.1) is 0 Å². The zero-order chi connectivity index (χ0) is 20.3. The SMILES string of the molecule is CC(C)(C)OC(=O)N[C@@H]1CC[C@H](N)[C@H](NC(=S)Nc2cccc3c2CCO3)C1. The Labute approximate surface area is 171 Å². The first kappa shape index (κ1) is 20.7. The van der Waals surface area contributed by atoms with Gasteiger partial charge in [0.25, 0.3) is 0 Å². The highest BCUT2D eigenvalue weighted by Gasteiger charge is 2.30. The molecule has 1 aliphatic carbocycles. The molecule has 1 amide bonds. The van der Waals surface area contributed by atoms with Crippen molar-refractivity contribution >= 4 is 29.1 Å².